The Bertz CT molecular complexity index is 400. The normalized spacial score (nSPS) is 42.6. The van der Waals surface area contributed by atoms with Gasteiger partial charge in [-0.3, -0.25) is 9.59 Å². The monoisotopic (exact) mass is 236 g/mol. The fourth-order valence-electron chi connectivity index (χ4n) is 3.55. The van der Waals surface area contributed by atoms with Gasteiger partial charge in [0.25, 0.3) is 0 Å². The minimum absolute atomic E-state index is 0.00838. The summed E-state index contributed by atoms with van der Waals surface area (Å²) >= 11 is 0. The molecule has 1 spiro atoms. The SMILES string of the molecule is CCOC(=O)[C@@H]1[C@@H]2C=CC(=O)[C@@]3(CCC[C@@H]13)O2. The topological polar surface area (TPSA) is 52.6 Å². The standard InChI is InChI=1S/C13H16O4/c1-2-16-12(15)11-8-4-3-7-13(8)10(14)6-5-9(11)17-13/h5-6,8-9,11H,2-4,7H2,1H3/t8-,9-,11-,13-/m0/s1. The summed E-state index contributed by atoms with van der Waals surface area (Å²) < 4.78 is 11.0. The Hall–Kier alpha value is -1.16. The molecule has 3 rings (SSSR count). The van der Waals surface area contributed by atoms with Crippen molar-refractivity contribution in [3.8, 4) is 0 Å². The molecule has 0 aromatic heterocycles. The van der Waals surface area contributed by atoms with Crippen LogP contribution in [0.2, 0.25) is 0 Å². The first-order valence-corrected chi connectivity index (χ1v) is 6.26. The molecule has 0 aromatic rings. The maximum atomic E-state index is 12.0. The highest BCUT2D eigenvalue weighted by Gasteiger charge is 2.63. The molecule has 17 heavy (non-hydrogen) atoms. The van der Waals surface area contributed by atoms with E-state index in [9.17, 15) is 9.59 Å². The Balaban J connectivity index is 1.95. The van der Waals surface area contributed by atoms with E-state index in [0.717, 1.165) is 19.3 Å². The highest BCUT2D eigenvalue weighted by Crippen LogP contribution is 2.54. The molecule has 1 aliphatic carbocycles. The van der Waals surface area contributed by atoms with Crippen molar-refractivity contribution in [3.63, 3.8) is 0 Å². The number of esters is 1. The number of fused-ring (bicyclic) bond motifs is 1. The molecule has 0 aromatic carbocycles. The second-order valence-electron chi connectivity index (χ2n) is 4.97. The predicted octanol–water partition coefficient (Wildman–Crippen LogP) is 1.24. The summed E-state index contributed by atoms with van der Waals surface area (Å²) in [6.45, 7) is 2.17. The van der Waals surface area contributed by atoms with Gasteiger partial charge in [0.15, 0.2) is 5.78 Å². The number of hydrogen-bond donors (Lipinski definition) is 0. The summed E-state index contributed by atoms with van der Waals surface area (Å²) in [5.41, 5.74) is -0.711. The highest BCUT2D eigenvalue weighted by molar-refractivity contribution is 6.00. The van der Waals surface area contributed by atoms with Crippen LogP contribution in [0.1, 0.15) is 26.2 Å². The van der Waals surface area contributed by atoms with Gasteiger partial charge in [-0.1, -0.05) is 6.08 Å². The van der Waals surface area contributed by atoms with Crippen molar-refractivity contribution in [1.82, 2.24) is 0 Å². The molecular weight excluding hydrogens is 220 g/mol. The van der Waals surface area contributed by atoms with Crippen LogP contribution in [0.3, 0.4) is 0 Å². The van der Waals surface area contributed by atoms with Gasteiger partial charge in [0.1, 0.15) is 5.60 Å². The van der Waals surface area contributed by atoms with E-state index in [2.05, 4.69) is 0 Å². The summed E-state index contributed by atoms with van der Waals surface area (Å²) in [6.07, 6.45) is 5.62. The Morgan fingerprint density at radius 2 is 2.47 bits per heavy atom. The number of hydrogen-bond acceptors (Lipinski definition) is 4. The van der Waals surface area contributed by atoms with Crippen molar-refractivity contribution >= 4 is 11.8 Å². The van der Waals surface area contributed by atoms with Crippen LogP contribution in [-0.2, 0) is 19.1 Å². The van der Waals surface area contributed by atoms with Crippen molar-refractivity contribution in [2.75, 3.05) is 6.61 Å². The van der Waals surface area contributed by atoms with Crippen molar-refractivity contribution < 1.29 is 19.1 Å². The van der Waals surface area contributed by atoms with Crippen LogP contribution in [0.4, 0.5) is 0 Å². The summed E-state index contributed by atoms with van der Waals surface area (Å²) in [7, 11) is 0. The van der Waals surface area contributed by atoms with E-state index >= 15 is 0 Å². The van der Waals surface area contributed by atoms with Crippen molar-refractivity contribution in [3.05, 3.63) is 12.2 Å². The third kappa shape index (κ3) is 1.33. The van der Waals surface area contributed by atoms with Crippen molar-refractivity contribution in [2.45, 2.75) is 37.9 Å². The van der Waals surface area contributed by atoms with Gasteiger partial charge in [-0.2, -0.15) is 0 Å². The lowest BCUT2D eigenvalue weighted by molar-refractivity contribution is -0.150. The third-order valence-electron chi connectivity index (χ3n) is 4.21. The number of carbonyl (C=O) groups excluding carboxylic acids is 2. The molecule has 0 amide bonds. The minimum Gasteiger partial charge on any atom is -0.466 e. The second-order valence-corrected chi connectivity index (χ2v) is 4.97. The van der Waals surface area contributed by atoms with E-state index in [1.807, 2.05) is 0 Å². The van der Waals surface area contributed by atoms with Crippen LogP contribution in [0.25, 0.3) is 0 Å². The molecule has 3 aliphatic rings. The molecule has 2 aliphatic heterocycles. The van der Waals surface area contributed by atoms with E-state index in [1.165, 1.54) is 0 Å². The predicted molar refractivity (Wildman–Crippen MR) is 59.2 cm³/mol. The molecular formula is C13H16O4. The molecule has 1 saturated carbocycles. The second kappa shape index (κ2) is 3.67. The first-order valence-electron chi connectivity index (χ1n) is 6.26. The average molecular weight is 236 g/mol. The fourth-order valence-corrected chi connectivity index (χ4v) is 3.55. The molecule has 4 heteroatoms. The number of ether oxygens (including phenoxy) is 2. The summed E-state index contributed by atoms with van der Waals surface area (Å²) in [4.78, 5) is 24.0. The van der Waals surface area contributed by atoms with Crippen LogP contribution >= 0.6 is 0 Å². The Labute approximate surface area is 100.0 Å². The van der Waals surface area contributed by atoms with Gasteiger partial charge < -0.3 is 9.47 Å². The largest absolute Gasteiger partial charge is 0.466 e. The lowest BCUT2D eigenvalue weighted by Gasteiger charge is -2.27. The lowest BCUT2D eigenvalue weighted by atomic mass is 9.81. The van der Waals surface area contributed by atoms with Crippen LogP contribution in [-0.4, -0.2) is 30.1 Å². The van der Waals surface area contributed by atoms with Gasteiger partial charge in [0.05, 0.1) is 18.6 Å². The first-order chi connectivity index (χ1) is 8.19. The summed E-state index contributed by atoms with van der Waals surface area (Å²) in [5.74, 6) is -0.470. The van der Waals surface area contributed by atoms with Gasteiger partial charge in [-0.05, 0) is 32.3 Å². The molecule has 2 bridgehead atoms. The number of rotatable bonds is 2. The van der Waals surface area contributed by atoms with Gasteiger partial charge in [0.2, 0.25) is 0 Å². The molecule has 2 fully saturated rings. The van der Waals surface area contributed by atoms with Crippen LogP contribution in [0.15, 0.2) is 12.2 Å². The van der Waals surface area contributed by atoms with Crippen LogP contribution in [0.5, 0.6) is 0 Å². The molecule has 0 unspecified atom stereocenters. The smallest absolute Gasteiger partial charge is 0.312 e. The van der Waals surface area contributed by atoms with Gasteiger partial charge in [-0.15, -0.1) is 0 Å². The van der Waals surface area contributed by atoms with E-state index in [0.29, 0.717) is 6.61 Å². The molecule has 2 heterocycles. The van der Waals surface area contributed by atoms with E-state index < -0.39 is 5.60 Å². The van der Waals surface area contributed by atoms with Crippen LogP contribution < -0.4 is 0 Å². The zero-order valence-corrected chi connectivity index (χ0v) is 9.85. The van der Waals surface area contributed by atoms with Crippen molar-refractivity contribution in [2.24, 2.45) is 11.8 Å². The summed E-state index contributed by atoms with van der Waals surface area (Å²) in [5, 5.41) is 0. The fraction of sp³-hybridized carbons (Fsp3) is 0.692. The molecule has 92 valence electrons. The highest BCUT2D eigenvalue weighted by atomic mass is 16.6. The van der Waals surface area contributed by atoms with E-state index in [1.54, 1.807) is 19.1 Å². The van der Waals surface area contributed by atoms with Crippen LogP contribution in [0, 0.1) is 11.8 Å². The average Bonchev–Trinajstić information content (AvgIpc) is 2.78. The number of carbonyl (C=O) groups is 2. The van der Waals surface area contributed by atoms with Gasteiger partial charge >= 0.3 is 5.97 Å². The molecule has 1 saturated heterocycles. The molecule has 4 nitrogen and oxygen atoms in total. The Morgan fingerprint density at radius 1 is 1.65 bits per heavy atom. The molecule has 4 atom stereocenters. The maximum absolute atomic E-state index is 12.0. The molecule has 0 radical (unpaired) electrons. The zero-order chi connectivity index (χ0) is 12.0. The van der Waals surface area contributed by atoms with Crippen molar-refractivity contribution in [1.29, 1.82) is 0 Å². The van der Waals surface area contributed by atoms with Gasteiger partial charge in [-0.25, -0.2) is 0 Å². The Morgan fingerprint density at radius 3 is 3.24 bits per heavy atom. The number of ketones is 1. The molecule has 0 N–H and O–H groups in total. The third-order valence-corrected chi connectivity index (χ3v) is 4.21. The Kier molecular flexibility index (Phi) is 2.36. The maximum Gasteiger partial charge on any atom is 0.312 e. The summed E-state index contributed by atoms with van der Waals surface area (Å²) in [6, 6.07) is 0. The quantitative estimate of drug-likeness (QED) is 0.677. The van der Waals surface area contributed by atoms with E-state index in [-0.39, 0.29) is 29.7 Å². The van der Waals surface area contributed by atoms with Gasteiger partial charge in [0, 0.05) is 5.92 Å². The van der Waals surface area contributed by atoms with E-state index in [4.69, 9.17) is 9.47 Å². The zero-order valence-electron chi connectivity index (χ0n) is 9.85. The first kappa shape index (κ1) is 11.0. The lowest BCUT2D eigenvalue weighted by Crippen LogP contribution is -2.42. The minimum atomic E-state index is -0.711.